The summed E-state index contributed by atoms with van der Waals surface area (Å²) in [5, 5.41) is 14.4. The molecular formula is C16H33IN6. The number of hydrogen-bond donors (Lipinski definition) is 2. The summed E-state index contributed by atoms with van der Waals surface area (Å²) in [6.45, 7) is 7.43. The van der Waals surface area contributed by atoms with Crippen LogP contribution >= 0.6 is 24.0 Å². The second-order valence-electron chi connectivity index (χ2n) is 5.70. The molecule has 2 N–H and O–H groups in total. The fraction of sp³-hybridized carbons (Fsp3) is 0.812. The van der Waals surface area contributed by atoms with Crippen LogP contribution in [0.2, 0.25) is 0 Å². The Morgan fingerprint density at radius 2 is 1.87 bits per heavy atom. The van der Waals surface area contributed by atoms with E-state index in [1.807, 2.05) is 11.6 Å². The van der Waals surface area contributed by atoms with Crippen molar-refractivity contribution in [2.45, 2.75) is 58.9 Å². The second-order valence-corrected chi connectivity index (χ2v) is 5.70. The SMILES string of the molecule is CCCCC(CC)CNC(=NC)NCCCCn1cnnc1.I. The van der Waals surface area contributed by atoms with Crippen LogP contribution in [0.25, 0.3) is 0 Å². The predicted octanol–water partition coefficient (Wildman–Crippen LogP) is 3.06. The molecule has 0 saturated carbocycles. The van der Waals surface area contributed by atoms with Crippen molar-refractivity contribution >= 4 is 29.9 Å². The third-order valence-electron chi connectivity index (χ3n) is 3.93. The van der Waals surface area contributed by atoms with E-state index < -0.39 is 0 Å². The summed E-state index contributed by atoms with van der Waals surface area (Å²) in [7, 11) is 1.83. The summed E-state index contributed by atoms with van der Waals surface area (Å²) >= 11 is 0. The summed E-state index contributed by atoms with van der Waals surface area (Å²) < 4.78 is 2.01. The highest BCUT2D eigenvalue weighted by Gasteiger charge is 2.06. The van der Waals surface area contributed by atoms with Gasteiger partial charge in [0.2, 0.25) is 0 Å². The Labute approximate surface area is 158 Å². The Balaban J connectivity index is 0.00000484. The molecule has 7 heteroatoms. The van der Waals surface area contributed by atoms with Crippen LogP contribution in [0.3, 0.4) is 0 Å². The quantitative estimate of drug-likeness (QED) is 0.242. The first-order valence-corrected chi connectivity index (χ1v) is 8.57. The summed E-state index contributed by atoms with van der Waals surface area (Å²) in [5.74, 6) is 1.66. The van der Waals surface area contributed by atoms with Crippen LogP contribution in [0.5, 0.6) is 0 Å². The Kier molecular flexibility index (Phi) is 14.2. The zero-order valence-corrected chi connectivity index (χ0v) is 17.1. The molecule has 0 radical (unpaired) electrons. The summed E-state index contributed by atoms with van der Waals surface area (Å²) in [6.07, 6.45) is 10.8. The normalized spacial score (nSPS) is 12.6. The summed E-state index contributed by atoms with van der Waals surface area (Å²) in [6, 6.07) is 0. The molecule has 0 bridgehead atoms. The van der Waals surface area contributed by atoms with E-state index in [-0.39, 0.29) is 24.0 Å². The minimum absolute atomic E-state index is 0. The highest BCUT2D eigenvalue weighted by atomic mass is 127. The Bertz CT molecular complexity index is 393. The average Bonchev–Trinajstić information content (AvgIpc) is 3.06. The minimum atomic E-state index is 0. The van der Waals surface area contributed by atoms with Gasteiger partial charge in [0.05, 0.1) is 0 Å². The number of hydrogen-bond acceptors (Lipinski definition) is 3. The largest absolute Gasteiger partial charge is 0.356 e. The fourth-order valence-corrected chi connectivity index (χ4v) is 2.37. The van der Waals surface area contributed by atoms with E-state index in [1.165, 1.54) is 25.7 Å². The molecule has 1 unspecified atom stereocenters. The maximum Gasteiger partial charge on any atom is 0.190 e. The van der Waals surface area contributed by atoms with E-state index >= 15 is 0 Å². The van der Waals surface area contributed by atoms with Gasteiger partial charge in [0.15, 0.2) is 5.96 Å². The van der Waals surface area contributed by atoms with Gasteiger partial charge >= 0.3 is 0 Å². The molecule has 1 heterocycles. The van der Waals surface area contributed by atoms with Crippen molar-refractivity contribution in [1.82, 2.24) is 25.4 Å². The molecule has 0 spiro atoms. The molecule has 1 rings (SSSR count). The number of halogens is 1. The van der Waals surface area contributed by atoms with Gasteiger partial charge < -0.3 is 15.2 Å². The smallest absolute Gasteiger partial charge is 0.190 e. The van der Waals surface area contributed by atoms with Crippen LogP contribution in [0, 0.1) is 5.92 Å². The molecule has 0 aliphatic heterocycles. The molecule has 0 aliphatic carbocycles. The highest BCUT2D eigenvalue weighted by molar-refractivity contribution is 14.0. The monoisotopic (exact) mass is 436 g/mol. The zero-order chi connectivity index (χ0) is 16.0. The first kappa shape index (κ1) is 22.1. The van der Waals surface area contributed by atoms with Crippen molar-refractivity contribution in [3.05, 3.63) is 12.7 Å². The first-order chi connectivity index (χ1) is 10.8. The lowest BCUT2D eigenvalue weighted by Crippen LogP contribution is -2.40. The molecule has 134 valence electrons. The number of aryl methyl sites for hydroxylation is 1. The van der Waals surface area contributed by atoms with E-state index in [1.54, 1.807) is 12.7 Å². The lowest BCUT2D eigenvalue weighted by molar-refractivity contribution is 0.443. The molecule has 23 heavy (non-hydrogen) atoms. The third-order valence-corrected chi connectivity index (χ3v) is 3.93. The summed E-state index contributed by atoms with van der Waals surface area (Å²) in [4.78, 5) is 4.29. The Morgan fingerprint density at radius 3 is 2.48 bits per heavy atom. The van der Waals surface area contributed by atoms with Crippen LogP contribution < -0.4 is 10.6 Å². The zero-order valence-electron chi connectivity index (χ0n) is 14.8. The Morgan fingerprint density at radius 1 is 1.13 bits per heavy atom. The maximum absolute atomic E-state index is 4.29. The number of unbranched alkanes of at least 4 members (excludes halogenated alkanes) is 2. The van der Waals surface area contributed by atoms with E-state index in [9.17, 15) is 0 Å². The van der Waals surface area contributed by atoms with Crippen LogP contribution in [-0.2, 0) is 6.54 Å². The standard InChI is InChI=1S/C16H32N6.HI/c1-4-6-9-15(5-2)12-19-16(17-3)18-10-7-8-11-22-13-20-21-14-22;/h13-15H,4-12H2,1-3H3,(H2,17,18,19);1H. The molecule has 0 aromatic carbocycles. The van der Waals surface area contributed by atoms with Crippen LogP contribution in [0.4, 0.5) is 0 Å². The van der Waals surface area contributed by atoms with Crippen molar-refractivity contribution in [3.8, 4) is 0 Å². The Hall–Kier alpha value is -0.860. The lowest BCUT2D eigenvalue weighted by atomic mass is 9.99. The minimum Gasteiger partial charge on any atom is -0.356 e. The molecule has 0 aliphatic rings. The van der Waals surface area contributed by atoms with E-state index in [4.69, 9.17) is 0 Å². The van der Waals surface area contributed by atoms with Gasteiger partial charge in [-0.05, 0) is 25.2 Å². The number of nitrogens with zero attached hydrogens (tertiary/aromatic N) is 4. The van der Waals surface area contributed by atoms with Crippen molar-refractivity contribution < 1.29 is 0 Å². The molecule has 1 atom stereocenters. The van der Waals surface area contributed by atoms with Crippen LogP contribution in [0.15, 0.2) is 17.6 Å². The molecular weight excluding hydrogens is 403 g/mol. The van der Waals surface area contributed by atoms with Gasteiger partial charge in [-0.3, -0.25) is 4.99 Å². The molecule has 0 fully saturated rings. The average molecular weight is 436 g/mol. The first-order valence-electron chi connectivity index (χ1n) is 8.57. The second kappa shape index (κ2) is 14.7. The maximum atomic E-state index is 4.29. The fourth-order valence-electron chi connectivity index (χ4n) is 2.37. The third kappa shape index (κ3) is 10.5. The van der Waals surface area contributed by atoms with Crippen LogP contribution in [0.1, 0.15) is 52.4 Å². The van der Waals surface area contributed by atoms with Gasteiger partial charge in [-0.1, -0.05) is 33.1 Å². The number of rotatable bonds is 11. The van der Waals surface area contributed by atoms with E-state index in [0.29, 0.717) is 0 Å². The number of aromatic nitrogens is 3. The number of nitrogens with one attached hydrogen (secondary N) is 2. The van der Waals surface area contributed by atoms with Crippen LogP contribution in [-0.4, -0.2) is 40.9 Å². The summed E-state index contributed by atoms with van der Waals surface area (Å²) in [5.41, 5.74) is 0. The van der Waals surface area contributed by atoms with Gasteiger partial charge in [0.1, 0.15) is 12.7 Å². The number of guanidine groups is 1. The van der Waals surface area contributed by atoms with Gasteiger partial charge in [-0.25, -0.2) is 0 Å². The molecule has 1 aromatic heterocycles. The van der Waals surface area contributed by atoms with Gasteiger partial charge in [-0.2, -0.15) is 0 Å². The van der Waals surface area contributed by atoms with Gasteiger partial charge in [0, 0.05) is 26.7 Å². The van der Waals surface area contributed by atoms with E-state index in [2.05, 4.69) is 39.7 Å². The number of aliphatic imine (C=N–C) groups is 1. The molecule has 6 nitrogen and oxygen atoms in total. The highest BCUT2D eigenvalue weighted by Crippen LogP contribution is 2.10. The lowest BCUT2D eigenvalue weighted by Gasteiger charge is -2.18. The molecule has 0 amide bonds. The van der Waals surface area contributed by atoms with Gasteiger partial charge in [-0.15, -0.1) is 34.2 Å². The molecule has 0 saturated heterocycles. The van der Waals surface area contributed by atoms with E-state index in [0.717, 1.165) is 44.4 Å². The molecule has 1 aromatic rings. The van der Waals surface area contributed by atoms with Crippen molar-refractivity contribution in [2.75, 3.05) is 20.1 Å². The van der Waals surface area contributed by atoms with Gasteiger partial charge in [0.25, 0.3) is 0 Å². The van der Waals surface area contributed by atoms with Crippen molar-refractivity contribution in [1.29, 1.82) is 0 Å². The van der Waals surface area contributed by atoms with Crippen molar-refractivity contribution in [2.24, 2.45) is 10.9 Å². The van der Waals surface area contributed by atoms with Crippen molar-refractivity contribution in [3.63, 3.8) is 0 Å². The topological polar surface area (TPSA) is 67.1 Å². The predicted molar refractivity (Wildman–Crippen MR) is 107 cm³/mol.